The second-order valence-corrected chi connectivity index (χ2v) is 4.10. The van der Waals surface area contributed by atoms with Gasteiger partial charge in [-0.3, -0.25) is 0 Å². The van der Waals surface area contributed by atoms with E-state index in [1.165, 1.54) is 0 Å². The molecule has 0 fully saturated rings. The number of benzene rings is 2. The highest BCUT2D eigenvalue weighted by atomic mass is 16.3. The van der Waals surface area contributed by atoms with E-state index in [9.17, 15) is 10.2 Å². The second kappa shape index (κ2) is 5.41. The summed E-state index contributed by atoms with van der Waals surface area (Å²) in [6, 6.07) is 14.4. The molecule has 0 amide bonds. The predicted octanol–water partition coefficient (Wildman–Crippen LogP) is 4.05. The van der Waals surface area contributed by atoms with Gasteiger partial charge in [-0.1, -0.05) is 43.3 Å². The summed E-state index contributed by atoms with van der Waals surface area (Å²) in [6.07, 6.45) is 2.69. The number of allylic oxidation sites excluding steroid dienone is 1. The maximum absolute atomic E-state index is 9.86. The molecule has 0 aliphatic heterocycles. The summed E-state index contributed by atoms with van der Waals surface area (Å²) >= 11 is 0. The molecule has 0 saturated heterocycles. The third kappa shape index (κ3) is 2.54. The molecule has 2 nitrogen and oxygen atoms in total. The van der Waals surface area contributed by atoms with Crippen LogP contribution in [0.3, 0.4) is 0 Å². The normalized spacial score (nSPS) is 11.5. The third-order valence-corrected chi connectivity index (χ3v) is 2.90. The van der Waals surface area contributed by atoms with Crippen LogP contribution in [0.1, 0.15) is 24.5 Å². The van der Waals surface area contributed by atoms with Crippen LogP contribution in [0.25, 0.3) is 11.6 Å². The van der Waals surface area contributed by atoms with Gasteiger partial charge in [-0.15, -0.1) is 0 Å². The zero-order valence-corrected chi connectivity index (χ0v) is 10.3. The monoisotopic (exact) mass is 240 g/mol. The van der Waals surface area contributed by atoms with Crippen LogP contribution in [0.15, 0.2) is 48.5 Å². The van der Waals surface area contributed by atoms with Gasteiger partial charge >= 0.3 is 0 Å². The zero-order chi connectivity index (χ0) is 13.0. The minimum absolute atomic E-state index is 0.249. The number of hydrogen-bond donors (Lipinski definition) is 2. The van der Waals surface area contributed by atoms with Gasteiger partial charge < -0.3 is 10.2 Å². The Morgan fingerprint density at radius 3 is 2.17 bits per heavy atom. The Hall–Kier alpha value is -2.22. The molecule has 0 aromatic heterocycles. The molecule has 0 unspecified atom stereocenters. The quantitative estimate of drug-likeness (QED) is 0.794. The summed E-state index contributed by atoms with van der Waals surface area (Å²) in [5, 5.41) is 19.6. The first-order valence-corrected chi connectivity index (χ1v) is 5.99. The van der Waals surface area contributed by atoms with E-state index < -0.39 is 0 Å². The summed E-state index contributed by atoms with van der Waals surface area (Å²) in [6.45, 7) is 2.03. The fourth-order valence-electron chi connectivity index (χ4n) is 1.91. The Labute approximate surface area is 107 Å². The van der Waals surface area contributed by atoms with Crippen molar-refractivity contribution in [3.63, 3.8) is 0 Å². The number of phenols is 2. The summed E-state index contributed by atoms with van der Waals surface area (Å²) < 4.78 is 0. The van der Waals surface area contributed by atoms with Gasteiger partial charge in [0.1, 0.15) is 11.5 Å². The number of rotatable bonds is 3. The second-order valence-electron chi connectivity index (χ2n) is 4.10. The largest absolute Gasteiger partial charge is 0.507 e. The van der Waals surface area contributed by atoms with E-state index in [2.05, 4.69) is 0 Å². The Kier molecular flexibility index (Phi) is 3.68. The van der Waals surface area contributed by atoms with Crippen LogP contribution in [0.2, 0.25) is 0 Å². The predicted molar refractivity (Wildman–Crippen MR) is 74.4 cm³/mol. The van der Waals surface area contributed by atoms with Gasteiger partial charge in [-0.25, -0.2) is 0 Å². The maximum atomic E-state index is 9.86. The van der Waals surface area contributed by atoms with E-state index in [1.807, 2.05) is 37.3 Å². The Morgan fingerprint density at radius 2 is 1.56 bits per heavy atom. The highest BCUT2D eigenvalue weighted by molar-refractivity contribution is 5.84. The minimum Gasteiger partial charge on any atom is -0.507 e. The molecule has 0 saturated carbocycles. The Morgan fingerprint density at radius 1 is 0.944 bits per heavy atom. The minimum atomic E-state index is 0.249. The smallest absolute Gasteiger partial charge is 0.123 e. The fraction of sp³-hybridized carbons (Fsp3) is 0.125. The highest BCUT2D eigenvalue weighted by Crippen LogP contribution is 2.30. The molecule has 0 spiro atoms. The molecule has 0 atom stereocenters. The van der Waals surface area contributed by atoms with Gasteiger partial charge in [-0.05, 0) is 30.2 Å². The fourth-order valence-corrected chi connectivity index (χ4v) is 1.91. The molecule has 0 heterocycles. The van der Waals surface area contributed by atoms with Crippen molar-refractivity contribution < 1.29 is 10.2 Å². The van der Waals surface area contributed by atoms with Crippen LogP contribution in [0.4, 0.5) is 0 Å². The van der Waals surface area contributed by atoms with Crippen LogP contribution in [-0.4, -0.2) is 10.2 Å². The van der Waals surface area contributed by atoms with E-state index >= 15 is 0 Å². The van der Waals surface area contributed by atoms with Crippen LogP contribution in [0.5, 0.6) is 11.5 Å². The van der Waals surface area contributed by atoms with E-state index in [1.54, 1.807) is 24.3 Å². The molecule has 0 radical (unpaired) electrons. The average Bonchev–Trinajstić information content (AvgIpc) is 2.39. The summed E-state index contributed by atoms with van der Waals surface area (Å²) in [7, 11) is 0. The van der Waals surface area contributed by atoms with Crippen LogP contribution in [0, 0.1) is 0 Å². The van der Waals surface area contributed by atoms with Gasteiger partial charge in [0.05, 0.1) is 0 Å². The molecular weight excluding hydrogens is 224 g/mol. The van der Waals surface area contributed by atoms with Crippen molar-refractivity contribution in [2.75, 3.05) is 0 Å². The van der Waals surface area contributed by atoms with Crippen molar-refractivity contribution >= 4 is 11.6 Å². The first-order valence-electron chi connectivity index (χ1n) is 5.99. The van der Waals surface area contributed by atoms with Gasteiger partial charge in [0.25, 0.3) is 0 Å². The molecule has 2 N–H and O–H groups in total. The van der Waals surface area contributed by atoms with Gasteiger partial charge in [0.15, 0.2) is 0 Å². The number of hydrogen-bond acceptors (Lipinski definition) is 2. The van der Waals surface area contributed by atoms with Crippen LogP contribution >= 0.6 is 0 Å². The van der Waals surface area contributed by atoms with Crippen molar-refractivity contribution in [1.82, 2.24) is 0 Å². The van der Waals surface area contributed by atoms with Crippen molar-refractivity contribution in [3.8, 4) is 11.5 Å². The van der Waals surface area contributed by atoms with Crippen molar-refractivity contribution in [2.45, 2.75) is 13.3 Å². The van der Waals surface area contributed by atoms with E-state index in [0.29, 0.717) is 0 Å². The molecule has 2 aromatic rings. The molecule has 0 aliphatic rings. The summed E-state index contributed by atoms with van der Waals surface area (Å²) in [5.41, 5.74) is 2.57. The SMILES string of the molecule is CC/C(=C\c1ccccc1O)c1ccccc1O. The first-order chi connectivity index (χ1) is 8.72. The molecular formula is C16H16O2. The van der Waals surface area contributed by atoms with Crippen molar-refractivity contribution in [2.24, 2.45) is 0 Å². The lowest BCUT2D eigenvalue weighted by molar-refractivity contribution is 0.472. The molecule has 0 aliphatic carbocycles. The molecule has 92 valence electrons. The third-order valence-electron chi connectivity index (χ3n) is 2.90. The Bertz CT molecular complexity index is 571. The topological polar surface area (TPSA) is 40.5 Å². The lowest BCUT2D eigenvalue weighted by atomic mass is 9.99. The number of para-hydroxylation sites is 2. The molecule has 0 bridgehead atoms. The summed E-state index contributed by atoms with van der Waals surface area (Å²) in [5.74, 6) is 0.514. The molecule has 18 heavy (non-hydrogen) atoms. The molecule has 2 rings (SSSR count). The Balaban J connectivity index is 2.47. The highest BCUT2D eigenvalue weighted by Gasteiger charge is 2.06. The molecule has 2 heteroatoms. The van der Waals surface area contributed by atoms with E-state index in [4.69, 9.17) is 0 Å². The number of phenolic OH excluding ortho intramolecular Hbond substituents is 2. The van der Waals surface area contributed by atoms with E-state index in [-0.39, 0.29) is 11.5 Å². The van der Waals surface area contributed by atoms with E-state index in [0.717, 1.165) is 23.1 Å². The lowest BCUT2D eigenvalue weighted by Crippen LogP contribution is -1.85. The average molecular weight is 240 g/mol. The van der Waals surface area contributed by atoms with Gasteiger partial charge in [0.2, 0.25) is 0 Å². The van der Waals surface area contributed by atoms with Gasteiger partial charge in [0, 0.05) is 11.1 Å². The lowest BCUT2D eigenvalue weighted by Gasteiger charge is -2.08. The summed E-state index contributed by atoms with van der Waals surface area (Å²) in [4.78, 5) is 0. The zero-order valence-electron chi connectivity index (χ0n) is 10.3. The van der Waals surface area contributed by atoms with Crippen LogP contribution < -0.4 is 0 Å². The van der Waals surface area contributed by atoms with Crippen molar-refractivity contribution in [1.29, 1.82) is 0 Å². The molecule has 2 aromatic carbocycles. The number of aromatic hydroxyl groups is 2. The van der Waals surface area contributed by atoms with Gasteiger partial charge in [-0.2, -0.15) is 0 Å². The van der Waals surface area contributed by atoms with Crippen molar-refractivity contribution in [3.05, 3.63) is 59.7 Å². The standard InChI is InChI=1S/C16H16O2/c1-2-12(14-8-4-6-10-16(14)18)11-13-7-3-5-9-15(13)17/h3-11,17-18H,2H2,1H3/b12-11+. The first kappa shape index (κ1) is 12.2. The maximum Gasteiger partial charge on any atom is 0.123 e. The van der Waals surface area contributed by atoms with Crippen LogP contribution in [-0.2, 0) is 0 Å².